The number of benzene rings is 1. The zero-order valence-corrected chi connectivity index (χ0v) is 16.3. The number of hydrogen-bond acceptors (Lipinski definition) is 4. The second-order valence-electron chi connectivity index (χ2n) is 7.45. The van der Waals surface area contributed by atoms with E-state index in [1.54, 1.807) is 24.4 Å². The number of rotatable bonds is 7. The van der Waals surface area contributed by atoms with Crippen LogP contribution < -0.4 is 5.32 Å². The molecule has 0 bridgehead atoms. The molecule has 1 aliphatic rings. The number of fused-ring (bicyclic) bond motifs is 2. The molecule has 0 aliphatic carbocycles. The predicted molar refractivity (Wildman–Crippen MR) is 114 cm³/mol. The standard InChI is InChI=1S/C24H24FN3O/c25-20-10-8-19-14-17(16-27-23(19)15-20)7-12-22(29)6-2-1-5-21-11-9-18-4-3-13-26-24(18)28-21/h7-12,14-16H,1-6,13H2,(H,26,28)/b12-7+. The van der Waals surface area contributed by atoms with E-state index in [4.69, 9.17) is 4.98 Å². The van der Waals surface area contributed by atoms with Gasteiger partial charge in [0.25, 0.3) is 0 Å². The number of unbranched alkanes of at least 4 members (excludes halogenated alkanes) is 1. The van der Waals surface area contributed by atoms with E-state index in [-0.39, 0.29) is 11.6 Å². The number of nitrogens with one attached hydrogen (secondary N) is 1. The molecule has 1 N–H and O–H groups in total. The minimum atomic E-state index is -0.301. The number of nitrogens with zero attached hydrogens (tertiary/aromatic N) is 2. The summed E-state index contributed by atoms with van der Waals surface area (Å²) in [4.78, 5) is 21.1. The molecule has 0 fully saturated rings. The number of anilines is 1. The molecule has 0 radical (unpaired) electrons. The van der Waals surface area contributed by atoms with E-state index in [1.165, 1.54) is 17.7 Å². The maximum absolute atomic E-state index is 13.2. The Morgan fingerprint density at radius 2 is 2.10 bits per heavy atom. The molecule has 4 rings (SSSR count). The number of carbonyl (C=O) groups is 1. The van der Waals surface area contributed by atoms with Crippen LogP contribution in [0.15, 0.2) is 48.7 Å². The first kappa shape index (κ1) is 19.2. The van der Waals surface area contributed by atoms with Gasteiger partial charge < -0.3 is 5.32 Å². The van der Waals surface area contributed by atoms with Gasteiger partial charge in [-0.25, -0.2) is 9.37 Å². The molecule has 0 amide bonds. The Hall–Kier alpha value is -3.08. The number of pyridine rings is 2. The van der Waals surface area contributed by atoms with Gasteiger partial charge >= 0.3 is 0 Å². The lowest BCUT2D eigenvalue weighted by atomic mass is 10.0. The number of carbonyl (C=O) groups excluding carboxylic acids is 1. The molecule has 0 saturated heterocycles. The Balaban J connectivity index is 1.25. The van der Waals surface area contributed by atoms with Crippen LogP contribution in [-0.4, -0.2) is 22.3 Å². The van der Waals surface area contributed by atoms with Gasteiger partial charge in [0.1, 0.15) is 11.6 Å². The first-order valence-corrected chi connectivity index (χ1v) is 10.2. The summed E-state index contributed by atoms with van der Waals surface area (Å²) in [5.74, 6) is 0.828. The highest BCUT2D eigenvalue weighted by Gasteiger charge is 2.10. The average molecular weight is 389 g/mol. The minimum absolute atomic E-state index is 0.101. The lowest BCUT2D eigenvalue weighted by Gasteiger charge is -2.17. The highest BCUT2D eigenvalue weighted by Crippen LogP contribution is 2.20. The summed E-state index contributed by atoms with van der Waals surface area (Å²) in [6.45, 7) is 0.994. The molecule has 5 heteroatoms. The highest BCUT2D eigenvalue weighted by molar-refractivity contribution is 5.94. The third-order valence-corrected chi connectivity index (χ3v) is 5.19. The first-order chi connectivity index (χ1) is 14.2. The molecule has 0 saturated carbocycles. The average Bonchev–Trinajstić information content (AvgIpc) is 2.75. The van der Waals surface area contributed by atoms with E-state index in [1.807, 2.05) is 6.07 Å². The van der Waals surface area contributed by atoms with Crippen molar-refractivity contribution in [3.8, 4) is 0 Å². The van der Waals surface area contributed by atoms with Crippen LogP contribution in [0.1, 0.15) is 42.5 Å². The molecule has 0 spiro atoms. The number of allylic oxidation sites excluding steroid dienone is 1. The Labute approximate surface area is 169 Å². The van der Waals surface area contributed by atoms with Gasteiger partial charge in [-0.1, -0.05) is 6.07 Å². The first-order valence-electron chi connectivity index (χ1n) is 10.2. The van der Waals surface area contributed by atoms with Gasteiger partial charge in [-0.15, -0.1) is 0 Å². The van der Waals surface area contributed by atoms with E-state index in [0.29, 0.717) is 11.9 Å². The summed E-state index contributed by atoms with van der Waals surface area (Å²) in [6.07, 6.45) is 10.5. The number of aryl methyl sites for hydroxylation is 2. The number of halogens is 1. The van der Waals surface area contributed by atoms with Crippen molar-refractivity contribution in [3.63, 3.8) is 0 Å². The van der Waals surface area contributed by atoms with Gasteiger partial charge in [0.2, 0.25) is 0 Å². The Morgan fingerprint density at radius 1 is 1.17 bits per heavy atom. The van der Waals surface area contributed by atoms with Gasteiger partial charge in [0, 0.05) is 36.3 Å². The maximum Gasteiger partial charge on any atom is 0.155 e. The van der Waals surface area contributed by atoms with Crippen molar-refractivity contribution in [1.82, 2.24) is 9.97 Å². The summed E-state index contributed by atoms with van der Waals surface area (Å²) in [5.41, 5.74) is 3.83. The van der Waals surface area contributed by atoms with Crippen LogP contribution in [0.25, 0.3) is 17.0 Å². The molecule has 29 heavy (non-hydrogen) atoms. The zero-order valence-electron chi connectivity index (χ0n) is 16.3. The van der Waals surface area contributed by atoms with Crippen LogP contribution in [0, 0.1) is 5.82 Å². The van der Waals surface area contributed by atoms with Crippen molar-refractivity contribution in [2.45, 2.75) is 38.5 Å². The van der Waals surface area contributed by atoms with Gasteiger partial charge in [0.05, 0.1) is 5.52 Å². The summed E-state index contributed by atoms with van der Waals surface area (Å²) in [7, 11) is 0. The van der Waals surface area contributed by atoms with Crippen molar-refractivity contribution in [2.75, 3.05) is 11.9 Å². The summed E-state index contributed by atoms with van der Waals surface area (Å²) < 4.78 is 13.2. The Kier molecular flexibility index (Phi) is 5.94. The molecule has 4 nitrogen and oxygen atoms in total. The molecule has 3 aromatic rings. The highest BCUT2D eigenvalue weighted by atomic mass is 19.1. The van der Waals surface area contributed by atoms with E-state index in [0.717, 1.165) is 61.1 Å². The number of ketones is 1. The molecule has 3 heterocycles. The molecule has 1 aromatic carbocycles. The quantitative estimate of drug-likeness (QED) is 0.450. The van der Waals surface area contributed by atoms with Gasteiger partial charge in [0.15, 0.2) is 5.78 Å². The van der Waals surface area contributed by atoms with Crippen molar-refractivity contribution >= 4 is 28.6 Å². The van der Waals surface area contributed by atoms with Gasteiger partial charge in [-0.3, -0.25) is 9.78 Å². The SMILES string of the molecule is O=C(/C=C/c1cnc2cc(F)ccc2c1)CCCCc1ccc2c(n1)NCCC2. The van der Waals surface area contributed by atoms with Crippen LogP contribution in [0.2, 0.25) is 0 Å². The monoisotopic (exact) mass is 389 g/mol. The van der Waals surface area contributed by atoms with E-state index >= 15 is 0 Å². The van der Waals surface area contributed by atoms with Crippen LogP contribution in [0.4, 0.5) is 10.2 Å². The fourth-order valence-electron chi connectivity index (χ4n) is 3.59. The number of aromatic nitrogens is 2. The molecule has 0 atom stereocenters. The topological polar surface area (TPSA) is 54.9 Å². The van der Waals surface area contributed by atoms with Crippen LogP contribution >= 0.6 is 0 Å². The van der Waals surface area contributed by atoms with Crippen molar-refractivity contribution in [3.05, 3.63) is 71.3 Å². The largest absolute Gasteiger partial charge is 0.370 e. The molecule has 0 unspecified atom stereocenters. The third-order valence-electron chi connectivity index (χ3n) is 5.19. The fourth-order valence-corrected chi connectivity index (χ4v) is 3.59. The van der Waals surface area contributed by atoms with Crippen LogP contribution in [0.3, 0.4) is 0 Å². The van der Waals surface area contributed by atoms with Crippen LogP contribution in [-0.2, 0) is 17.6 Å². The molecule has 2 aromatic heterocycles. The second-order valence-corrected chi connectivity index (χ2v) is 7.45. The third kappa shape index (κ3) is 5.05. The minimum Gasteiger partial charge on any atom is -0.370 e. The summed E-state index contributed by atoms with van der Waals surface area (Å²) in [5, 5.41) is 4.21. The lowest BCUT2D eigenvalue weighted by Crippen LogP contribution is -2.14. The van der Waals surface area contributed by atoms with E-state index in [2.05, 4.69) is 22.4 Å². The van der Waals surface area contributed by atoms with E-state index in [9.17, 15) is 9.18 Å². The van der Waals surface area contributed by atoms with Gasteiger partial charge in [-0.2, -0.15) is 0 Å². The van der Waals surface area contributed by atoms with Crippen molar-refractivity contribution in [2.24, 2.45) is 0 Å². The normalized spacial score (nSPS) is 13.4. The van der Waals surface area contributed by atoms with Gasteiger partial charge in [-0.05, 0) is 79.6 Å². The Morgan fingerprint density at radius 3 is 3.03 bits per heavy atom. The van der Waals surface area contributed by atoms with Crippen molar-refractivity contribution < 1.29 is 9.18 Å². The molecular formula is C24H24FN3O. The summed E-state index contributed by atoms with van der Waals surface area (Å²) in [6, 6.07) is 10.7. The maximum atomic E-state index is 13.2. The fraction of sp³-hybridized carbons (Fsp3) is 0.292. The molecule has 148 valence electrons. The molecule has 1 aliphatic heterocycles. The zero-order chi connectivity index (χ0) is 20.1. The second kappa shape index (κ2) is 8.95. The Bertz CT molecular complexity index is 1060. The molecular weight excluding hydrogens is 365 g/mol. The number of hydrogen-bond donors (Lipinski definition) is 1. The lowest BCUT2D eigenvalue weighted by molar-refractivity contribution is -0.114. The van der Waals surface area contributed by atoms with E-state index < -0.39 is 0 Å². The summed E-state index contributed by atoms with van der Waals surface area (Å²) >= 11 is 0. The van der Waals surface area contributed by atoms with Crippen molar-refractivity contribution in [1.29, 1.82) is 0 Å². The smallest absolute Gasteiger partial charge is 0.155 e. The van der Waals surface area contributed by atoms with Crippen LogP contribution in [0.5, 0.6) is 0 Å². The predicted octanol–water partition coefficient (Wildman–Crippen LogP) is 5.12.